The maximum atomic E-state index is 11.4. The van der Waals surface area contributed by atoms with Crippen LogP contribution < -0.4 is 4.74 Å². The van der Waals surface area contributed by atoms with E-state index in [1.54, 1.807) is 0 Å². The van der Waals surface area contributed by atoms with E-state index in [9.17, 15) is 4.79 Å². The molecule has 0 bridgehead atoms. The molecule has 0 amide bonds. The molecule has 138 valence electrons. The quantitative estimate of drug-likeness (QED) is 0.404. The van der Waals surface area contributed by atoms with Gasteiger partial charge >= 0.3 is 5.97 Å². The van der Waals surface area contributed by atoms with Gasteiger partial charge in [0, 0.05) is 6.92 Å². The van der Waals surface area contributed by atoms with Crippen molar-refractivity contribution in [3.8, 4) is 5.75 Å². The minimum absolute atomic E-state index is 0.177. The highest BCUT2D eigenvalue weighted by Gasteiger charge is 2.40. The Bertz CT molecular complexity index is 993. The number of fused-ring (bicyclic) bond motifs is 1. The van der Waals surface area contributed by atoms with Gasteiger partial charge in [-0.15, -0.1) is 0 Å². The van der Waals surface area contributed by atoms with E-state index in [1.165, 1.54) is 29.0 Å². The molecule has 27 heavy (non-hydrogen) atoms. The fourth-order valence-electron chi connectivity index (χ4n) is 3.98. The Kier molecular flexibility index (Phi) is 4.30. The number of esters is 1. The van der Waals surface area contributed by atoms with Crippen molar-refractivity contribution in [3.63, 3.8) is 0 Å². The molecule has 0 saturated heterocycles. The number of carbonyl (C=O) groups is 1. The summed E-state index contributed by atoms with van der Waals surface area (Å²) in [7, 11) is 0. The molecular formula is C25H26O2. The molecule has 3 aromatic carbocycles. The van der Waals surface area contributed by atoms with Gasteiger partial charge in [-0.05, 0) is 63.3 Å². The molecule has 0 radical (unpaired) electrons. The Morgan fingerprint density at radius 2 is 1.67 bits per heavy atom. The highest BCUT2D eigenvalue weighted by atomic mass is 16.5. The lowest BCUT2D eigenvalue weighted by molar-refractivity contribution is -0.131. The van der Waals surface area contributed by atoms with Gasteiger partial charge in [0.2, 0.25) is 0 Å². The van der Waals surface area contributed by atoms with Crippen molar-refractivity contribution >= 4 is 16.7 Å². The van der Waals surface area contributed by atoms with Crippen molar-refractivity contribution in [3.05, 3.63) is 77.4 Å². The second kappa shape index (κ2) is 6.53. The Balaban J connectivity index is 1.66. The SMILES string of the molecule is CC(=O)Oc1cc(C2CC2c2ccc(C(C)(C)C)cc2)c2ccccc2c1. The molecule has 0 aromatic heterocycles. The van der Waals surface area contributed by atoms with E-state index < -0.39 is 0 Å². The first-order chi connectivity index (χ1) is 12.8. The van der Waals surface area contributed by atoms with Crippen LogP contribution >= 0.6 is 0 Å². The molecule has 2 atom stereocenters. The summed E-state index contributed by atoms with van der Waals surface area (Å²) >= 11 is 0. The average Bonchev–Trinajstić information content (AvgIpc) is 3.40. The number of hydrogen-bond acceptors (Lipinski definition) is 2. The van der Waals surface area contributed by atoms with Gasteiger partial charge < -0.3 is 4.74 Å². The molecule has 0 N–H and O–H groups in total. The molecule has 1 aliphatic rings. The van der Waals surface area contributed by atoms with Gasteiger partial charge in [-0.25, -0.2) is 0 Å². The van der Waals surface area contributed by atoms with Crippen molar-refractivity contribution in [1.82, 2.24) is 0 Å². The lowest BCUT2D eigenvalue weighted by Gasteiger charge is -2.19. The molecule has 2 nitrogen and oxygen atoms in total. The summed E-state index contributed by atoms with van der Waals surface area (Å²) < 4.78 is 5.40. The normalized spacial score (nSPS) is 19.1. The van der Waals surface area contributed by atoms with Gasteiger partial charge in [-0.1, -0.05) is 69.3 Å². The molecule has 2 unspecified atom stereocenters. The number of ether oxygens (including phenoxy) is 1. The fourth-order valence-corrected chi connectivity index (χ4v) is 3.98. The summed E-state index contributed by atoms with van der Waals surface area (Å²) in [5, 5.41) is 2.38. The Labute approximate surface area is 161 Å². The summed E-state index contributed by atoms with van der Waals surface area (Å²) in [5.74, 6) is 1.38. The summed E-state index contributed by atoms with van der Waals surface area (Å²) in [6.07, 6.45) is 1.14. The molecule has 0 aliphatic heterocycles. The van der Waals surface area contributed by atoms with Crippen LogP contribution in [0.1, 0.15) is 62.6 Å². The van der Waals surface area contributed by atoms with Crippen LogP contribution in [-0.2, 0) is 10.2 Å². The molecule has 4 rings (SSSR count). The van der Waals surface area contributed by atoms with Crippen molar-refractivity contribution in [2.45, 2.75) is 51.4 Å². The third-order valence-corrected chi connectivity index (χ3v) is 5.52. The molecule has 3 aromatic rings. The first-order valence-corrected chi connectivity index (χ1v) is 9.64. The third-order valence-electron chi connectivity index (χ3n) is 5.52. The van der Waals surface area contributed by atoms with E-state index in [2.05, 4.69) is 69.3 Å². The van der Waals surface area contributed by atoms with E-state index in [4.69, 9.17) is 4.74 Å². The standard InChI is InChI=1S/C25H26O2/c1-16(26)27-20-13-18-7-5-6-8-21(18)23(14-20)24-15-22(24)17-9-11-19(12-10-17)25(2,3)4/h5-14,22,24H,15H2,1-4H3. The van der Waals surface area contributed by atoms with Gasteiger partial charge in [0.25, 0.3) is 0 Å². The predicted molar refractivity (Wildman–Crippen MR) is 110 cm³/mol. The predicted octanol–water partition coefficient (Wildman–Crippen LogP) is 6.33. The van der Waals surface area contributed by atoms with Crippen molar-refractivity contribution in [1.29, 1.82) is 0 Å². The van der Waals surface area contributed by atoms with Gasteiger partial charge in [-0.3, -0.25) is 4.79 Å². The average molecular weight is 358 g/mol. The Morgan fingerprint density at radius 1 is 0.963 bits per heavy atom. The van der Waals surface area contributed by atoms with Crippen molar-refractivity contribution in [2.24, 2.45) is 0 Å². The minimum atomic E-state index is -0.277. The number of hydrogen-bond donors (Lipinski definition) is 0. The molecule has 0 spiro atoms. The highest BCUT2D eigenvalue weighted by Crippen LogP contribution is 2.56. The first kappa shape index (κ1) is 17.8. The maximum Gasteiger partial charge on any atom is 0.308 e. The van der Waals surface area contributed by atoms with Crippen LogP contribution in [0, 0.1) is 0 Å². The van der Waals surface area contributed by atoms with E-state index in [-0.39, 0.29) is 11.4 Å². The molecule has 2 heteroatoms. The van der Waals surface area contributed by atoms with Crippen LogP contribution in [0.5, 0.6) is 5.75 Å². The van der Waals surface area contributed by atoms with E-state index >= 15 is 0 Å². The van der Waals surface area contributed by atoms with E-state index in [1.807, 2.05) is 12.1 Å². The van der Waals surface area contributed by atoms with Gasteiger partial charge in [0.05, 0.1) is 0 Å². The summed E-state index contributed by atoms with van der Waals surface area (Å²) in [6.45, 7) is 8.18. The van der Waals surface area contributed by atoms with Crippen LogP contribution in [0.3, 0.4) is 0 Å². The summed E-state index contributed by atoms with van der Waals surface area (Å²) in [4.78, 5) is 11.4. The van der Waals surface area contributed by atoms with Crippen molar-refractivity contribution < 1.29 is 9.53 Å². The monoisotopic (exact) mass is 358 g/mol. The highest BCUT2D eigenvalue weighted by molar-refractivity contribution is 5.89. The van der Waals surface area contributed by atoms with Crippen molar-refractivity contribution in [2.75, 3.05) is 0 Å². The van der Waals surface area contributed by atoms with Gasteiger partial charge in [-0.2, -0.15) is 0 Å². The Morgan fingerprint density at radius 3 is 2.33 bits per heavy atom. The second-order valence-electron chi connectivity index (χ2n) is 8.65. The Hall–Kier alpha value is -2.61. The first-order valence-electron chi connectivity index (χ1n) is 9.64. The topological polar surface area (TPSA) is 26.3 Å². The van der Waals surface area contributed by atoms with E-state index in [0.717, 1.165) is 11.8 Å². The van der Waals surface area contributed by atoms with Crippen LogP contribution in [0.2, 0.25) is 0 Å². The largest absolute Gasteiger partial charge is 0.427 e. The van der Waals surface area contributed by atoms with Crippen LogP contribution in [-0.4, -0.2) is 5.97 Å². The number of carbonyl (C=O) groups excluding carboxylic acids is 1. The van der Waals surface area contributed by atoms with Crippen LogP contribution in [0.15, 0.2) is 60.7 Å². The second-order valence-corrected chi connectivity index (χ2v) is 8.65. The summed E-state index contributed by atoms with van der Waals surface area (Å²) in [6, 6.07) is 21.4. The molecule has 1 aliphatic carbocycles. The van der Waals surface area contributed by atoms with Crippen LogP contribution in [0.25, 0.3) is 10.8 Å². The van der Waals surface area contributed by atoms with E-state index in [0.29, 0.717) is 17.6 Å². The minimum Gasteiger partial charge on any atom is -0.427 e. The fraction of sp³-hybridized carbons (Fsp3) is 0.320. The zero-order chi connectivity index (χ0) is 19.2. The number of benzene rings is 3. The zero-order valence-corrected chi connectivity index (χ0v) is 16.5. The smallest absolute Gasteiger partial charge is 0.308 e. The third kappa shape index (κ3) is 3.62. The van der Waals surface area contributed by atoms with Gasteiger partial charge in [0.1, 0.15) is 5.75 Å². The zero-order valence-electron chi connectivity index (χ0n) is 16.5. The number of rotatable bonds is 3. The molecule has 1 saturated carbocycles. The van der Waals surface area contributed by atoms with Crippen LogP contribution in [0.4, 0.5) is 0 Å². The summed E-state index contributed by atoms with van der Waals surface area (Å²) in [5.41, 5.74) is 4.23. The molecular weight excluding hydrogens is 332 g/mol. The lowest BCUT2D eigenvalue weighted by atomic mass is 9.86. The molecule has 0 heterocycles. The van der Waals surface area contributed by atoms with Gasteiger partial charge in [0.15, 0.2) is 0 Å². The maximum absolute atomic E-state index is 11.4. The molecule has 1 fully saturated rings. The lowest BCUT2D eigenvalue weighted by Crippen LogP contribution is -2.10.